The van der Waals surface area contributed by atoms with Gasteiger partial charge in [-0.15, -0.1) is 10.2 Å². The largest absolute Gasteiger partial charge is 0.495 e. The molecule has 0 saturated heterocycles. The van der Waals surface area contributed by atoms with Gasteiger partial charge in [-0.25, -0.2) is 0 Å². The van der Waals surface area contributed by atoms with Gasteiger partial charge in [0.05, 0.1) is 19.0 Å². The summed E-state index contributed by atoms with van der Waals surface area (Å²) in [5.74, 6) is 1.11. The molecule has 5 nitrogen and oxygen atoms in total. The van der Waals surface area contributed by atoms with E-state index in [0.717, 1.165) is 5.69 Å². The Balaban J connectivity index is 2.33. The molecule has 2 rings (SSSR count). The maximum atomic E-state index is 5.44. The van der Waals surface area contributed by atoms with E-state index in [1.165, 1.54) is 0 Å². The highest BCUT2D eigenvalue weighted by atomic mass is 16.5. The summed E-state index contributed by atoms with van der Waals surface area (Å²) in [5, 5.41) is 7.68. The SMILES string of the molecule is COc1ccc(-c2ccc(N)nn2)nc1. The molecule has 0 aliphatic heterocycles. The Morgan fingerprint density at radius 1 is 1.07 bits per heavy atom. The summed E-state index contributed by atoms with van der Waals surface area (Å²) >= 11 is 0. The fraction of sp³-hybridized carbons (Fsp3) is 0.100. The van der Waals surface area contributed by atoms with Crippen molar-refractivity contribution in [2.75, 3.05) is 12.8 Å². The second-order valence-corrected chi connectivity index (χ2v) is 2.93. The minimum atomic E-state index is 0.396. The van der Waals surface area contributed by atoms with Crippen molar-refractivity contribution < 1.29 is 4.74 Å². The minimum Gasteiger partial charge on any atom is -0.495 e. The van der Waals surface area contributed by atoms with Crippen LogP contribution < -0.4 is 10.5 Å². The molecule has 0 aliphatic rings. The number of ether oxygens (including phenoxy) is 1. The molecule has 2 aromatic rings. The van der Waals surface area contributed by atoms with Crippen LogP contribution in [0, 0.1) is 0 Å². The molecule has 0 fully saturated rings. The van der Waals surface area contributed by atoms with Crippen molar-refractivity contribution in [1.29, 1.82) is 0 Å². The Morgan fingerprint density at radius 3 is 2.40 bits per heavy atom. The number of pyridine rings is 1. The number of methoxy groups -OCH3 is 1. The van der Waals surface area contributed by atoms with Gasteiger partial charge in [-0.1, -0.05) is 0 Å². The molecule has 0 radical (unpaired) electrons. The minimum absolute atomic E-state index is 0.396. The predicted octanol–water partition coefficient (Wildman–Crippen LogP) is 1.13. The highest BCUT2D eigenvalue weighted by molar-refractivity contribution is 5.54. The fourth-order valence-corrected chi connectivity index (χ4v) is 1.13. The van der Waals surface area contributed by atoms with Crippen LogP contribution >= 0.6 is 0 Å². The molecule has 2 aromatic heterocycles. The monoisotopic (exact) mass is 202 g/mol. The smallest absolute Gasteiger partial charge is 0.146 e. The van der Waals surface area contributed by atoms with Crippen molar-refractivity contribution in [1.82, 2.24) is 15.2 Å². The van der Waals surface area contributed by atoms with E-state index in [1.807, 2.05) is 12.1 Å². The van der Waals surface area contributed by atoms with E-state index < -0.39 is 0 Å². The molecule has 0 aromatic carbocycles. The van der Waals surface area contributed by atoms with Crippen LogP contribution in [-0.4, -0.2) is 22.3 Å². The first kappa shape index (κ1) is 9.39. The van der Waals surface area contributed by atoms with E-state index in [1.54, 1.807) is 25.4 Å². The van der Waals surface area contributed by atoms with Gasteiger partial charge in [-0.05, 0) is 24.3 Å². The lowest BCUT2D eigenvalue weighted by atomic mass is 10.2. The van der Waals surface area contributed by atoms with Gasteiger partial charge >= 0.3 is 0 Å². The van der Waals surface area contributed by atoms with Gasteiger partial charge in [0.15, 0.2) is 0 Å². The van der Waals surface area contributed by atoms with Crippen molar-refractivity contribution in [2.24, 2.45) is 0 Å². The van der Waals surface area contributed by atoms with Crippen molar-refractivity contribution in [3.05, 3.63) is 30.5 Å². The Hall–Kier alpha value is -2.17. The van der Waals surface area contributed by atoms with Crippen LogP contribution in [0.5, 0.6) is 5.75 Å². The Morgan fingerprint density at radius 2 is 1.87 bits per heavy atom. The molecule has 0 spiro atoms. The van der Waals surface area contributed by atoms with E-state index in [-0.39, 0.29) is 0 Å². The second kappa shape index (κ2) is 3.91. The molecule has 76 valence electrons. The average molecular weight is 202 g/mol. The van der Waals surface area contributed by atoms with E-state index in [9.17, 15) is 0 Å². The summed E-state index contributed by atoms with van der Waals surface area (Å²) < 4.78 is 5.01. The van der Waals surface area contributed by atoms with E-state index in [0.29, 0.717) is 17.3 Å². The lowest BCUT2D eigenvalue weighted by Crippen LogP contribution is -1.95. The van der Waals surface area contributed by atoms with Crippen LogP contribution in [0.3, 0.4) is 0 Å². The molecular weight excluding hydrogens is 192 g/mol. The molecule has 0 atom stereocenters. The molecular formula is C10H10N4O. The maximum absolute atomic E-state index is 5.44. The average Bonchev–Trinajstić information content (AvgIpc) is 2.30. The molecule has 0 saturated carbocycles. The van der Waals surface area contributed by atoms with Gasteiger partial charge in [0.25, 0.3) is 0 Å². The molecule has 0 unspecified atom stereocenters. The number of rotatable bonds is 2. The van der Waals surface area contributed by atoms with E-state index in [4.69, 9.17) is 10.5 Å². The van der Waals surface area contributed by atoms with E-state index >= 15 is 0 Å². The lowest BCUT2D eigenvalue weighted by molar-refractivity contribution is 0.413. The van der Waals surface area contributed by atoms with Gasteiger partial charge in [-0.3, -0.25) is 4.98 Å². The molecule has 2 N–H and O–H groups in total. The third-order valence-corrected chi connectivity index (χ3v) is 1.92. The predicted molar refractivity (Wildman–Crippen MR) is 56.2 cm³/mol. The summed E-state index contributed by atoms with van der Waals surface area (Å²) in [6, 6.07) is 7.10. The molecule has 0 bridgehead atoms. The number of aromatic nitrogens is 3. The number of anilines is 1. The summed E-state index contributed by atoms with van der Waals surface area (Å²) in [6.45, 7) is 0. The summed E-state index contributed by atoms with van der Waals surface area (Å²) in [5.41, 5.74) is 6.86. The zero-order valence-electron chi connectivity index (χ0n) is 8.21. The topological polar surface area (TPSA) is 73.9 Å². The highest BCUT2D eigenvalue weighted by Gasteiger charge is 2.01. The van der Waals surface area contributed by atoms with Gasteiger partial charge < -0.3 is 10.5 Å². The summed E-state index contributed by atoms with van der Waals surface area (Å²) in [6.07, 6.45) is 1.63. The molecule has 15 heavy (non-hydrogen) atoms. The quantitative estimate of drug-likeness (QED) is 0.790. The fourth-order valence-electron chi connectivity index (χ4n) is 1.13. The molecule has 2 heterocycles. The van der Waals surface area contributed by atoms with Crippen molar-refractivity contribution in [2.45, 2.75) is 0 Å². The Labute approximate surface area is 86.9 Å². The van der Waals surface area contributed by atoms with Crippen molar-refractivity contribution in [3.8, 4) is 17.1 Å². The zero-order valence-corrected chi connectivity index (χ0v) is 8.21. The Kier molecular flexibility index (Phi) is 2.45. The van der Waals surface area contributed by atoms with E-state index in [2.05, 4.69) is 15.2 Å². The normalized spacial score (nSPS) is 9.93. The second-order valence-electron chi connectivity index (χ2n) is 2.93. The number of nitrogen functional groups attached to an aromatic ring is 1. The van der Waals surface area contributed by atoms with Crippen LogP contribution in [0.2, 0.25) is 0 Å². The van der Waals surface area contributed by atoms with Crippen LogP contribution in [-0.2, 0) is 0 Å². The van der Waals surface area contributed by atoms with Gasteiger partial charge in [0.1, 0.15) is 17.3 Å². The first-order chi connectivity index (χ1) is 7.29. The number of nitrogens with two attached hydrogens (primary N) is 1. The van der Waals surface area contributed by atoms with Crippen LogP contribution in [0.15, 0.2) is 30.5 Å². The third kappa shape index (κ3) is 2.01. The van der Waals surface area contributed by atoms with Gasteiger partial charge in [0, 0.05) is 0 Å². The van der Waals surface area contributed by atoms with Gasteiger partial charge in [-0.2, -0.15) is 0 Å². The van der Waals surface area contributed by atoms with Gasteiger partial charge in [0.2, 0.25) is 0 Å². The maximum Gasteiger partial charge on any atom is 0.146 e. The van der Waals surface area contributed by atoms with Crippen molar-refractivity contribution >= 4 is 5.82 Å². The third-order valence-electron chi connectivity index (χ3n) is 1.92. The standard InChI is InChI=1S/C10H10N4O/c1-15-7-2-3-8(12-6-7)9-4-5-10(11)14-13-9/h2-6H,1H3,(H2,11,14). The van der Waals surface area contributed by atoms with Crippen LogP contribution in [0.4, 0.5) is 5.82 Å². The lowest BCUT2D eigenvalue weighted by Gasteiger charge is -2.01. The van der Waals surface area contributed by atoms with Crippen molar-refractivity contribution in [3.63, 3.8) is 0 Å². The number of hydrogen-bond acceptors (Lipinski definition) is 5. The summed E-state index contributed by atoms with van der Waals surface area (Å²) in [4.78, 5) is 4.18. The first-order valence-electron chi connectivity index (χ1n) is 4.39. The number of hydrogen-bond donors (Lipinski definition) is 1. The van der Waals surface area contributed by atoms with Crippen LogP contribution in [0.1, 0.15) is 0 Å². The molecule has 0 aliphatic carbocycles. The first-order valence-corrected chi connectivity index (χ1v) is 4.39. The summed E-state index contributed by atoms with van der Waals surface area (Å²) in [7, 11) is 1.60. The Bertz CT molecular complexity index is 438. The number of nitrogens with zero attached hydrogens (tertiary/aromatic N) is 3. The molecule has 0 amide bonds. The zero-order chi connectivity index (χ0) is 10.7. The molecule has 5 heteroatoms. The highest BCUT2D eigenvalue weighted by Crippen LogP contribution is 2.16. The van der Waals surface area contributed by atoms with Crippen LogP contribution in [0.25, 0.3) is 11.4 Å².